The summed E-state index contributed by atoms with van der Waals surface area (Å²) in [4.78, 5) is 37.8. The SMILES string of the molecule is COc1cc(/C=C2\C(=O)NC(=O)N(c3cc(C(F)(F)F)ccc3Cl)C2=O)cc(Br)c1O. The highest BCUT2D eigenvalue weighted by molar-refractivity contribution is 9.10. The predicted octanol–water partition coefficient (Wildman–Crippen LogP) is 4.50. The number of benzene rings is 2. The number of phenolic OH excluding ortho intramolecular Hbond substituents is 1. The maximum absolute atomic E-state index is 13.1. The minimum atomic E-state index is -4.75. The van der Waals surface area contributed by atoms with Gasteiger partial charge in [-0.3, -0.25) is 14.9 Å². The lowest BCUT2D eigenvalue weighted by molar-refractivity contribution is -0.137. The molecule has 0 atom stereocenters. The fourth-order valence-corrected chi connectivity index (χ4v) is 3.40. The van der Waals surface area contributed by atoms with E-state index in [0.717, 1.165) is 12.1 Å². The molecule has 3 rings (SSSR count). The fourth-order valence-electron chi connectivity index (χ4n) is 2.74. The number of rotatable bonds is 3. The first-order chi connectivity index (χ1) is 14.4. The average molecular weight is 520 g/mol. The van der Waals surface area contributed by atoms with Crippen LogP contribution >= 0.6 is 27.5 Å². The summed E-state index contributed by atoms with van der Waals surface area (Å²) in [7, 11) is 1.28. The summed E-state index contributed by atoms with van der Waals surface area (Å²) >= 11 is 9.03. The van der Waals surface area contributed by atoms with Gasteiger partial charge in [0.25, 0.3) is 11.8 Å². The Bertz CT molecular complexity index is 1150. The Morgan fingerprint density at radius 2 is 1.87 bits per heavy atom. The second-order valence-corrected chi connectivity index (χ2v) is 7.44. The van der Waals surface area contributed by atoms with Crippen LogP contribution in [0.2, 0.25) is 5.02 Å². The van der Waals surface area contributed by atoms with Gasteiger partial charge in [-0.1, -0.05) is 11.6 Å². The van der Waals surface area contributed by atoms with Gasteiger partial charge in [-0.2, -0.15) is 13.2 Å². The van der Waals surface area contributed by atoms with Gasteiger partial charge in [0.2, 0.25) is 0 Å². The van der Waals surface area contributed by atoms with Crippen molar-refractivity contribution in [1.82, 2.24) is 5.32 Å². The first-order valence-electron chi connectivity index (χ1n) is 8.28. The van der Waals surface area contributed by atoms with E-state index in [1.807, 2.05) is 5.32 Å². The molecular weight excluding hydrogens is 509 g/mol. The molecule has 1 heterocycles. The zero-order valence-electron chi connectivity index (χ0n) is 15.4. The third kappa shape index (κ3) is 4.37. The molecule has 1 fully saturated rings. The van der Waals surface area contributed by atoms with Gasteiger partial charge in [-0.25, -0.2) is 9.69 Å². The van der Waals surface area contributed by atoms with E-state index in [2.05, 4.69) is 15.9 Å². The van der Waals surface area contributed by atoms with Crippen LogP contribution in [0.5, 0.6) is 11.5 Å². The molecule has 1 aliphatic heterocycles. The molecule has 31 heavy (non-hydrogen) atoms. The van der Waals surface area contributed by atoms with Crippen molar-refractivity contribution < 1.29 is 37.4 Å². The molecule has 0 bridgehead atoms. The van der Waals surface area contributed by atoms with E-state index in [0.29, 0.717) is 17.0 Å². The minimum Gasteiger partial charge on any atom is -0.503 e. The minimum absolute atomic E-state index is 0.0266. The highest BCUT2D eigenvalue weighted by atomic mass is 79.9. The molecule has 0 spiro atoms. The Morgan fingerprint density at radius 1 is 1.19 bits per heavy atom. The van der Waals surface area contributed by atoms with E-state index in [1.165, 1.54) is 19.2 Å². The van der Waals surface area contributed by atoms with E-state index >= 15 is 0 Å². The summed E-state index contributed by atoms with van der Waals surface area (Å²) in [5, 5.41) is 11.5. The Balaban J connectivity index is 2.10. The number of hydrogen-bond donors (Lipinski definition) is 2. The molecular formula is C19H11BrClF3N2O5. The number of imide groups is 2. The zero-order valence-corrected chi connectivity index (χ0v) is 17.7. The van der Waals surface area contributed by atoms with Gasteiger partial charge >= 0.3 is 12.2 Å². The number of phenols is 1. The van der Waals surface area contributed by atoms with Gasteiger partial charge in [0, 0.05) is 0 Å². The summed E-state index contributed by atoms with van der Waals surface area (Å²) in [5.41, 5.74) is -2.00. The van der Waals surface area contributed by atoms with Crippen molar-refractivity contribution in [2.75, 3.05) is 12.0 Å². The molecule has 2 aromatic carbocycles. The number of amides is 4. The predicted molar refractivity (Wildman–Crippen MR) is 108 cm³/mol. The standard InChI is InChI=1S/C19H11BrClF3N2O5/c1-31-14-6-8(5-11(20)15(14)27)4-10-16(28)25-18(30)26(17(10)29)13-7-9(19(22,23)24)2-3-12(13)21/h2-7,27H,1H3,(H,25,28,30)/b10-4+. The smallest absolute Gasteiger partial charge is 0.416 e. The second-order valence-electron chi connectivity index (χ2n) is 6.18. The monoisotopic (exact) mass is 518 g/mol. The third-order valence-electron chi connectivity index (χ3n) is 4.20. The van der Waals surface area contributed by atoms with Crippen molar-refractivity contribution in [2.24, 2.45) is 0 Å². The first-order valence-corrected chi connectivity index (χ1v) is 9.46. The van der Waals surface area contributed by atoms with E-state index in [-0.39, 0.29) is 26.6 Å². The molecule has 0 radical (unpaired) electrons. The van der Waals surface area contributed by atoms with Gasteiger partial charge in [0.15, 0.2) is 11.5 Å². The lowest BCUT2D eigenvalue weighted by Crippen LogP contribution is -2.54. The number of halogens is 5. The number of nitrogens with zero attached hydrogens (tertiary/aromatic N) is 1. The molecule has 0 unspecified atom stereocenters. The maximum atomic E-state index is 13.1. The van der Waals surface area contributed by atoms with E-state index in [9.17, 15) is 32.7 Å². The highest BCUT2D eigenvalue weighted by Gasteiger charge is 2.39. The number of methoxy groups -OCH3 is 1. The van der Waals surface area contributed by atoms with Crippen LogP contribution in [0.25, 0.3) is 6.08 Å². The van der Waals surface area contributed by atoms with Crippen molar-refractivity contribution in [3.8, 4) is 11.5 Å². The summed E-state index contributed by atoms with van der Waals surface area (Å²) in [6, 6.07) is 3.54. The van der Waals surface area contributed by atoms with Crippen LogP contribution in [-0.4, -0.2) is 30.1 Å². The van der Waals surface area contributed by atoms with Crippen molar-refractivity contribution in [1.29, 1.82) is 0 Å². The Kier molecular flexibility index (Phi) is 6.01. The van der Waals surface area contributed by atoms with Gasteiger partial charge < -0.3 is 9.84 Å². The van der Waals surface area contributed by atoms with Gasteiger partial charge in [-0.05, 0) is 57.9 Å². The number of hydrogen-bond acceptors (Lipinski definition) is 5. The number of urea groups is 1. The van der Waals surface area contributed by atoms with Crippen LogP contribution in [0.1, 0.15) is 11.1 Å². The van der Waals surface area contributed by atoms with Crippen LogP contribution in [0, 0.1) is 0 Å². The number of nitrogens with one attached hydrogen (secondary N) is 1. The van der Waals surface area contributed by atoms with Gasteiger partial charge in [0.05, 0.1) is 27.9 Å². The van der Waals surface area contributed by atoms with Gasteiger partial charge in [0.1, 0.15) is 5.57 Å². The molecule has 1 aliphatic rings. The molecule has 2 N–H and O–H groups in total. The van der Waals surface area contributed by atoms with Crippen molar-refractivity contribution >= 4 is 57.1 Å². The normalized spacial score (nSPS) is 16.0. The molecule has 0 saturated carbocycles. The Hall–Kier alpha value is -3.05. The first kappa shape index (κ1) is 22.6. The second kappa shape index (κ2) is 8.23. The molecule has 0 aliphatic carbocycles. The van der Waals surface area contributed by atoms with E-state index < -0.39 is 40.8 Å². The highest BCUT2D eigenvalue weighted by Crippen LogP contribution is 2.38. The third-order valence-corrected chi connectivity index (χ3v) is 5.12. The number of alkyl halides is 3. The van der Waals surface area contributed by atoms with Crippen molar-refractivity contribution in [3.05, 3.63) is 56.5 Å². The zero-order chi connectivity index (χ0) is 23.1. The average Bonchev–Trinajstić information content (AvgIpc) is 2.68. The topological polar surface area (TPSA) is 95.9 Å². The van der Waals surface area contributed by atoms with Crippen LogP contribution in [0.15, 0.2) is 40.4 Å². The largest absolute Gasteiger partial charge is 0.503 e. The molecule has 1 saturated heterocycles. The number of anilines is 1. The molecule has 12 heteroatoms. The number of aromatic hydroxyl groups is 1. The quantitative estimate of drug-likeness (QED) is 0.460. The molecule has 7 nitrogen and oxygen atoms in total. The number of barbiturate groups is 1. The number of carbonyl (C=O) groups excluding carboxylic acids is 3. The lowest BCUT2D eigenvalue weighted by atomic mass is 10.1. The van der Waals surface area contributed by atoms with E-state index in [4.69, 9.17) is 16.3 Å². The summed E-state index contributed by atoms with van der Waals surface area (Å²) in [5.74, 6) is -2.44. The van der Waals surface area contributed by atoms with Crippen LogP contribution in [0.3, 0.4) is 0 Å². The van der Waals surface area contributed by atoms with E-state index in [1.54, 1.807) is 0 Å². The fraction of sp³-hybridized carbons (Fsp3) is 0.105. The summed E-state index contributed by atoms with van der Waals surface area (Å²) in [6.07, 6.45) is -3.66. The number of carbonyl (C=O) groups is 3. The number of ether oxygens (including phenoxy) is 1. The maximum Gasteiger partial charge on any atom is 0.416 e. The lowest BCUT2D eigenvalue weighted by Gasteiger charge is -2.27. The van der Waals surface area contributed by atoms with Gasteiger partial charge in [-0.15, -0.1) is 0 Å². The Labute approximate surface area is 186 Å². The van der Waals surface area contributed by atoms with Crippen molar-refractivity contribution in [2.45, 2.75) is 6.18 Å². The Morgan fingerprint density at radius 3 is 2.48 bits per heavy atom. The molecule has 4 amide bonds. The van der Waals surface area contributed by atoms with Crippen LogP contribution < -0.4 is 15.0 Å². The molecule has 162 valence electrons. The molecule has 0 aromatic heterocycles. The van der Waals surface area contributed by atoms with Crippen molar-refractivity contribution in [3.63, 3.8) is 0 Å². The summed E-state index contributed by atoms with van der Waals surface area (Å²) in [6.45, 7) is 0. The van der Waals surface area contributed by atoms with Crippen LogP contribution in [-0.2, 0) is 15.8 Å². The van der Waals surface area contributed by atoms with Crippen LogP contribution in [0.4, 0.5) is 23.7 Å². The summed E-state index contributed by atoms with van der Waals surface area (Å²) < 4.78 is 44.4. The molecule has 2 aromatic rings.